The van der Waals surface area contributed by atoms with E-state index in [1.807, 2.05) is 12.1 Å². The van der Waals surface area contributed by atoms with Gasteiger partial charge in [-0.2, -0.15) is 0 Å². The van der Waals surface area contributed by atoms with Gasteiger partial charge in [0.05, 0.1) is 4.92 Å². The zero-order chi connectivity index (χ0) is 18.2. The predicted octanol–water partition coefficient (Wildman–Crippen LogP) is 3.37. The Bertz CT molecular complexity index is 742. The molecule has 2 aromatic carbocycles. The number of para-hydroxylation sites is 1. The molecule has 0 aliphatic carbocycles. The van der Waals surface area contributed by atoms with Crippen LogP contribution in [-0.4, -0.2) is 28.8 Å². The van der Waals surface area contributed by atoms with Gasteiger partial charge in [0.2, 0.25) is 0 Å². The number of carbonyl (C=O) groups excluding carboxylic acids is 1. The van der Waals surface area contributed by atoms with E-state index in [-0.39, 0.29) is 11.3 Å². The van der Waals surface area contributed by atoms with Gasteiger partial charge in [-0.25, -0.2) is 0 Å². The van der Waals surface area contributed by atoms with E-state index in [1.54, 1.807) is 12.1 Å². The lowest BCUT2D eigenvalue weighted by Crippen LogP contribution is -2.24. The Hall–Kier alpha value is -2.73. The predicted molar refractivity (Wildman–Crippen MR) is 97.3 cm³/mol. The van der Waals surface area contributed by atoms with E-state index >= 15 is 0 Å². The van der Waals surface area contributed by atoms with Gasteiger partial charge < -0.3 is 5.32 Å². The van der Waals surface area contributed by atoms with E-state index < -0.39 is 10.8 Å². The molecule has 6 heteroatoms. The first-order valence-electron chi connectivity index (χ1n) is 8.37. The first kappa shape index (κ1) is 18.6. The van der Waals surface area contributed by atoms with Crippen LogP contribution in [-0.2, 0) is 13.1 Å². The lowest BCUT2D eigenvalue weighted by Gasteiger charge is -2.18. The van der Waals surface area contributed by atoms with Crippen LogP contribution >= 0.6 is 0 Å². The average molecular weight is 341 g/mol. The number of nitro groups is 1. The molecule has 0 radical (unpaired) electrons. The van der Waals surface area contributed by atoms with Gasteiger partial charge >= 0.3 is 0 Å². The fourth-order valence-corrected chi connectivity index (χ4v) is 2.65. The van der Waals surface area contributed by atoms with Crippen LogP contribution in [0.25, 0.3) is 0 Å². The maximum Gasteiger partial charge on any atom is 0.282 e. The van der Waals surface area contributed by atoms with E-state index in [9.17, 15) is 14.9 Å². The summed E-state index contributed by atoms with van der Waals surface area (Å²) in [6.45, 7) is 7.40. The van der Waals surface area contributed by atoms with Crippen molar-refractivity contribution in [3.63, 3.8) is 0 Å². The minimum atomic E-state index is -0.542. The number of benzene rings is 2. The summed E-state index contributed by atoms with van der Waals surface area (Å²) in [6.07, 6.45) is 0. The van der Waals surface area contributed by atoms with Gasteiger partial charge in [-0.1, -0.05) is 50.2 Å². The molecule has 0 bridgehead atoms. The van der Waals surface area contributed by atoms with Gasteiger partial charge in [-0.3, -0.25) is 19.8 Å². The zero-order valence-corrected chi connectivity index (χ0v) is 14.6. The minimum absolute atomic E-state index is 0.0757. The SMILES string of the molecule is CCN(CC)Cc1cccc(CNC(=O)c2ccccc2[N+](=O)[O-])c1. The molecule has 0 fully saturated rings. The third-order valence-electron chi connectivity index (χ3n) is 4.09. The van der Waals surface area contributed by atoms with Crippen LogP contribution in [0.3, 0.4) is 0 Å². The highest BCUT2D eigenvalue weighted by Crippen LogP contribution is 2.17. The van der Waals surface area contributed by atoms with Gasteiger partial charge in [0.1, 0.15) is 5.56 Å². The molecule has 25 heavy (non-hydrogen) atoms. The van der Waals surface area contributed by atoms with Crippen molar-refractivity contribution in [2.24, 2.45) is 0 Å². The summed E-state index contributed by atoms with van der Waals surface area (Å²) in [5.41, 5.74) is 2.04. The lowest BCUT2D eigenvalue weighted by atomic mass is 10.1. The summed E-state index contributed by atoms with van der Waals surface area (Å²) in [7, 11) is 0. The molecule has 0 saturated carbocycles. The number of carbonyl (C=O) groups is 1. The molecular weight excluding hydrogens is 318 g/mol. The van der Waals surface area contributed by atoms with Crippen molar-refractivity contribution in [2.45, 2.75) is 26.9 Å². The van der Waals surface area contributed by atoms with Gasteiger partial charge in [0.25, 0.3) is 11.6 Å². The summed E-state index contributed by atoms with van der Waals surface area (Å²) in [5.74, 6) is -0.443. The first-order valence-corrected chi connectivity index (χ1v) is 8.37. The molecule has 0 heterocycles. The highest BCUT2D eigenvalue weighted by Gasteiger charge is 2.18. The van der Waals surface area contributed by atoms with Crippen molar-refractivity contribution in [1.82, 2.24) is 10.2 Å². The molecule has 0 saturated heterocycles. The monoisotopic (exact) mass is 341 g/mol. The third kappa shape index (κ3) is 5.12. The molecule has 0 unspecified atom stereocenters. The van der Waals surface area contributed by atoms with Gasteiger partial charge in [0, 0.05) is 19.2 Å². The first-order chi connectivity index (χ1) is 12.0. The normalized spacial score (nSPS) is 10.7. The Morgan fingerprint density at radius 1 is 1.08 bits per heavy atom. The second kappa shape index (κ2) is 8.94. The molecule has 0 aliphatic heterocycles. The number of amides is 1. The highest BCUT2D eigenvalue weighted by atomic mass is 16.6. The Morgan fingerprint density at radius 3 is 2.44 bits per heavy atom. The van der Waals surface area contributed by atoms with Crippen molar-refractivity contribution in [2.75, 3.05) is 13.1 Å². The number of nitro benzene ring substituents is 1. The molecule has 0 aliphatic rings. The van der Waals surface area contributed by atoms with Crippen LogP contribution < -0.4 is 5.32 Å². The Balaban J connectivity index is 2.04. The Labute approximate surface area is 147 Å². The lowest BCUT2D eigenvalue weighted by molar-refractivity contribution is -0.385. The van der Waals surface area contributed by atoms with Crippen LogP contribution in [0.4, 0.5) is 5.69 Å². The van der Waals surface area contributed by atoms with Crippen molar-refractivity contribution >= 4 is 11.6 Å². The molecule has 1 N–H and O–H groups in total. The van der Waals surface area contributed by atoms with Crippen molar-refractivity contribution < 1.29 is 9.72 Å². The van der Waals surface area contributed by atoms with Crippen LogP contribution in [0.5, 0.6) is 0 Å². The number of rotatable bonds is 8. The van der Waals surface area contributed by atoms with E-state index in [0.717, 1.165) is 25.2 Å². The number of hydrogen-bond acceptors (Lipinski definition) is 4. The molecule has 132 valence electrons. The van der Waals surface area contributed by atoms with E-state index in [4.69, 9.17) is 0 Å². The summed E-state index contributed by atoms with van der Waals surface area (Å²) in [5, 5.41) is 13.8. The summed E-state index contributed by atoms with van der Waals surface area (Å²) < 4.78 is 0. The minimum Gasteiger partial charge on any atom is -0.348 e. The molecule has 2 rings (SSSR count). The van der Waals surface area contributed by atoms with Crippen LogP contribution in [0, 0.1) is 10.1 Å². The maximum atomic E-state index is 12.3. The van der Waals surface area contributed by atoms with Gasteiger partial charge in [-0.15, -0.1) is 0 Å². The van der Waals surface area contributed by atoms with Crippen molar-refractivity contribution in [3.8, 4) is 0 Å². The molecule has 0 atom stereocenters. The second-order valence-corrected chi connectivity index (χ2v) is 5.74. The smallest absolute Gasteiger partial charge is 0.282 e. The summed E-state index contributed by atoms with van der Waals surface area (Å²) in [4.78, 5) is 25.1. The standard InChI is InChI=1S/C19H23N3O3/c1-3-21(4-2)14-16-9-7-8-15(12-16)13-20-19(23)17-10-5-6-11-18(17)22(24)25/h5-12H,3-4,13-14H2,1-2H3,(H,20,23). The highest BCUT2D eigenvalue weighted by molar-refractivity contribution is 5.98. The Kier molecular flexibility index (Phi) is 6.65. The van der Waals surface area contributed by atoms with Gasteiger partial charge in [0.15, 0.2) is 0 Å². The molecular formula is C19H23N3O3. The fourth-order valence-electron chi connectivity index (χ4n) is 2.65. The fraction of sp³-hybridized carbons (Fsp3) is 0.316. The topological polar surface area (TPSA) is 75.5 Å². The van der Waals surface area contributed by atoms with E-state index in [1.165, 1.54) is 17.7 Å². The maximum absolute atomic E-state index is 12.3. The molecule has 2 aromatic rings. The second-order valence-electron chi connectivity index (χ2n) is 5.74. The van der Waals surface area contributed by atoms with E-state index in [2.05, 4.69) is 36.2 Å². The molecule has 1 amide bonds. The van der Waals surface area contributed by atoms with Crippen LogP contribution in [0.2, 0.25) is 0 Å². The third-order valence-corrected chi connectivity index (χ3v) is 4.09. The number of nitrogens with zero attached hydrogens (tertiary/aromatic N) is 2. The number of hydrogen-bond donors (Lipinski definition) is 1. The summed E-state index contributed by atoms with van der Waals surface area (Å²) in [6, 6.07) is 14.0. The van der Waals surface area contributed by atoms with Crippen molar-refractivity contribution in [3.05, 3.63) is 75.3 Å². The molecule has 0 aromatic heterocycles. The van der Waals surface area contributed by atoms with Crippen LogP contribution in [0.15, 0.2) is 48.5 Å². The Morgan fingerprint density at radius 2 is 1.76 bits per heavy atom. The largest absolute Gasteiger partial charge is 0.348 e. The average Bonchev–Trinajstić information content (AvgIpc) is 2.64. The zero-order valence-electron chi connectivity index (χ0n) is 14.6. The van der Waals surface area contributed by atoms with E-state index in [0.29, 0.717) is 6.54 Å². The summed E-state index contributed by atoms with van der Waals surface area (Å²) >= 11 is 0. The van der Waals surface area contributed by atoms with Gasteiger partial charge in [-0.05, 0) is 30.3 Å². The number of nitrogens with one attached hydrogen (secondary N) is 1. The van der Waals surface area contributed by atoms with Crippen molar-refractivity contribution in [1.29, 1.82) is 0 Å². The van der Waals surface area contributed by atoms with Crippen LogP contribution in [0.1, 0.15) is 35.3 Å². The quantitative estimate of drug-likeness (QED) is 0.590. The molecule has 0 spiro atoms. The molecule has 6 nitrogen and oxygen atoms in total.